The summed E-state index contributed by atoms with van der Waals surface area (Å²) < 4.78 is 8.48. The van der Waals surface area contributed by atoms with Crippen molar-refractivity contribution in [3.05, 3.63) is 0 Å². The van der Waals surface area contributed by atoms with Gasteiger partial charge in [0.1, 0.15) is 0 Å². The topological polar surface area (TPSA) is 93.2 Å². The predicted molar refractivity (Wildman–Crippen MR) is 35.9 cm³/mol. The van der Waals surface area contributed by atoms with Crippen molar-refractivity contribution in [3.8, 4) is 0 Å². The largest absolute Gasteiger partial charge is 2.00 e. The molecule has 0 saturated heterocycles. The van der Waals surface area contributed by atoms with Crippen molar-refractivity contribution in [2.75, 3.05) is 12.5 Å². The molecule has 0 bridgehead atoms. The number of thiol groups is 1. The van der Waals surface area contributed by atoms with Gasteiger partial charge in [0.25, 0.3) is 8.25 Å². The molecule has 0 rings (SSSR count). The van der Waals surface area contributed by atoms with Crippen molar-refractivity contribution in [3.63, 3.8) is 0 Å². The van der Waals surface area contributed by atoms with Crippen LogP contribution in [0.3, 0.4) is 0 Å². The van der Waals surface area contributed by atoms with Gasteiger partial charge in [0, 0.05) is 0 Å². The number of hydrogen-bond acceptors (Lipinski definition) is 4. The third kappa shape index (κ3) is 381. The van der Waals surface area contributed by atoms with Gasteiger partial charge < -0.3 is 15.3 Å². The molecule has 0 spiro atoms. The molecule has 0 amide bonds. The molecule has 0 aromatic rings. The molecule has 0 heterocycles. The molecular formula is C2H8MgO4PS+. The molecular weight excluding hydrogens is 175 g/mol. The summed E-state index contributed by atoms with van der Waals surface area (Å²) in [6.07, 6.45) is 4.19. The fourth-order valence-corrected chi connectivity index (χ4v) is 0. The monoisotopic (exact) mass is 183 g/mol. The van der Waals surface area contributed by atoms with Gasteiger partial charge >= 0.3 is 23.1 Å². The minimum absolute atomic E-state index is 0. The van der Waals surface area contributed by atoms with E-state index in [1.165, 1.54) is 11.8 Å². The molecule has 0 radical (unpaired) electrons. The summed E-state index contributed by atoms with van der Waals surface area (Å²) in [6, 6.07) is 0. The fourth-order valence-electron chi connectivity index (χ4n) is 0. The van der Waals surface area contributed by atoms with E-state index in [1.54, 1.807) is 0 Å². The Labute approximate surface area is 75.5 Å². The van der Waals surface area contributed by atoms with Crippen LogP contribution in [0.5, 0.6) is 0 Å². The second-order valence-electron chi connectivity index (χ2n) is 0.671. The minimum atomic E-state index is -3.37. The Morgan fingerprint density at radius 3 is 1.33 bits per heavy atom. The van der Waals surface area contributed by atoms with Crippen molar-refractivity contribution >= 4 is 43.1 Å². The smallest absolute Gasteiger partial charge is 0.870 e. The zero-order valence-corrected chi connectivity index (χ0v) is 8.48. The van der Waals surface area contributed by atoms with E-state index in [-0.39, 0.29) is 28.5 Å². The first-order valence-electron chi connectivity index (χ1n) is 1.44. The number of rotatable bonds is 0. The Bertz CT molecular complexity index is 49.8. The van der Waals surface area contributed by atoms with Crippen molar-refractivity contribution in [1.82, 2.24) is 0 Å². The minimum Gasteiger partial charge on any atom is -0.870 e. The zero-order chi connectivity index (χ0) is 6.28. The van der Waals surface area contributed by atoms with Crippen LogP contribution in [0.1, 0.15) is 0 Å². The summed E-state index contributed by atoms with van der Waals surface area (Å²) in [5.41, 5.74) is 0. The van der Waals surface area contributed by atoms with Crippen LogP contribution in [0, 0.1) is 0 Å². The molecule has 0 unspecified atom stereocenters. The van der Waals surface area contributed by atoms with Crippen LogP contribution >= 0.6 is 8.25 Å². The van der Waals surface area contributed by atoms with Crippen LogP contribution in [-0.4, -0.2) is 41.0 Å². The molecule has 1 N–H and O–H groups in total. The molecule has 0 fully saturated rings. The van der Waals surface area contributed by atoms with Gasteiger partial charge in [-0.2, -0.15) is 0 Å². The molecule has 4 nitrogen and oxygen atoms in total. The Morgan fingerprint density at radius 1 is 1.33 bits per heavy atom. The summed E-state index contributed by atoms with van der Waals surface area (Å²) >= 11 is 1.42. The van der Waals surface area contributed by atoms with Gasteiger partial charge in [0.2, 0.25) is 0 Å². The van der Waals surface area contributed by atoms with Crippen molar-refractivity contribution in [2.24, 2.45) is 0 Å². The first-order chi connectivity index (χ1) is 3.15. The van der Waals surface area contributed by atoms with Crippen LogP contribution in [0.4, 0.5) is 0 Å². The predicted octanol–water partition coefficient (Wildman–Crippen LogP) is -2.13. The van der Waals surface area contributed by atoms with Gasteiger partial charge in [-0.1, -0.05) is 4.57 Å². The quantitative estimate of drug-likeness (QED) is 0.185. The van der Waals surface area contributed by atoms with E-state index in [2.05, 4.69) is 12.5 Å². The summed E-state index contributed by atoms with van der Waals surface area (Å²) in [5.74, 6) is 0. The Hall–Kier alpha value is 1.10. The Balaban J connectivity index is -0.0000000233. The van der Waals surface area contributed by atoms with E-state index < -0.39 is 8.25 Å². The van der Waals surface area contributed by atoms with E-state index in [0.29, 0.717) is 0 Å². The van der Waals surface area contributed by atoms with Crippen LogP contribution < -0.4 is 9.79 Å². The molecule has 0 aliphatic carbocycles. The molecule has 0 aromatic heterocycles. The second-order valence-corrected chi connectivity index (χ2v) is 2.01. The van der Waals surface area contributed by atoms with Crippen LogP contribution in [0.25, 0.3) is 0 Å². The number of hydrogen-bond donors (Lipinski definition) is 0. The van der Waals surface area contributed by atoms with E-state index in [0.717, 1.165) is 0 Å². The molecule has 0 aliphatic heterocycles. The van der Waals surface area contributed by atoms with Crippen molar-refractivity contribution in [2.45, 2.75) is 0 Å². The Kier molecular flexibility index (Phi) is 57.3. The van der Waals surface area contributed by atoms with Gasteiger partial charge in [-0.25, -0.2) is 0 Å². The van der Waals surface area contributed by atoms with Gasteiger partial charge in [-0.3, -0.25) is 0 Å². The summed E-state index contributed by atoms with van der Waals surface area (Å²) in [5, 5.41) is 0. The average molecular weight is 183 g/mol. The zero-order valence-electron chi connectivity index (χ0n) is 5.27. The first kappa shape index (κ1) is 22.5. The van der Waals surface area contributed by atoms with E-state index >= 15 is 0 Å². The van der Waals surface area contributed by atoms with Crippen molar-refractivity contribution < 1.29 is 19.8 Å². The summed E-state index contributed by atoms with van der Waals surface area (Å²) in [7, 11) is -3.37. The van der Waals surface area contributed by atoms with Gasteiger partial charge in [-0.15, -0.1) is 0 Å². The molecule has 0 aliphatic rings. The molecule has 7 heteroatoms. The van der Waals surface area contributed by atoms with Crippen molar-refractivity contribution in [1.29, 1.82) is 0 Å². The molecule has 0 aromatic carbocycles. The maximum Gasteiger partial charge on any atom is 2.00 e. The van der Waals surface area contributed by atoms with Crippen LogP contribution in [0.2, 0.25) is 0 Å². The molecule has 52 valence electrons. The second kappa shape index (κ2) is 23.0. The van der Waals surface area contributed by atoms with Gasteiger partial charge in [0.15, 0.2) is 0 Å². The van der Waals surface area contributed by atoms with Gasteiger partial charge in [0.05, 0.1) is 12.5 Å². The van der Waals surface area contributed by atoms with E-state index in [4.69, 9.17) is 14.4 Å². The Morgan fingerprint density at radius 2 is 1.33 bits per heavy atom. The SMILES string of the molecule is C[SH+]C.O=[P+]([O-])[O-].[Mg+2].[OH-]. The normalized spacial score (nSPS) is 4.89. The third-order valence-electron chi connectivity index (χ3n) is 0. The summed E-state index contributed by atoms with van der Waals surface area (Å²) in [4.78, 5) is 17.0. The maximum atomic E-state index is 8.48. The first-order valence-corrected chi connectivity index (χ1v) is 4.33. The fraction of sp³-hybridized carbons (Fsp3) is 1.00. The maximum absolute atomic E-state index is 8.48. The third-order valence-corrected chi connectivity index (χ3v) is 0. The summed E-state index contributed by atoms with van der Waals surface area (Å²) in [6.45, 7) is 0. The van der Waals surface area contributed by atoms with E-state index in [1.807, 2.05) is 0 Å². The van der Waals surface area contributed by atoms with Gasteiger partial charge in [-0.05, 0) is 11.8 Å². The molecule has 9 heavy (non-hydrogen) atoms. The van der Waals surface area contributed by atoms with Crippen LogP contribution in [0.15, 0.2) is 0 Å². The molecule has 0 atom stereocenters. The van der Waals surface area contributed by atoms with E-state index in [9.17, 15) is 0 Å². The standard InChI is InChI=1S/C2H6S.Mg.HO3P.H2O/c1-3-2;;1-4(2)3;/h1-2H3;;(H,1,2,3);1H2/q;+2;;/p-1. The molecule has 0 saturated carbocycles. The average Bonchev–Trinajstić information content (AvgIpc) is 1.33. The van der Waals surface area contributed by atoms with Crippen LogP contribution in [-0.2, 0) is 16.3 Å².